The molecule has 80 heavy (non-hydrogen) atoms. The summed E-state index contributed by atoms with van der Waals surface area (Å²) in [5.74, 6) is 5.55. The van der Waals surface area contributed by atoms with Gasteiger partial charge in [0.1, 0.15) is 0 Å². The van der Waals surface area contributed by atoms with Crippen LogP contribution in [0.25, 0.3) is 0 Å². The zero-order valence-corrected chi connectivity index (χ0v) is 50.3. The molecule has 8 fully saturated rings. The van der Waals surface area contributed by atoms with Crippen LogP contribution < -0.4 is 31.1 Å². The van der Waals surface area contributed by atoms with Crippen molar-refractivity contribution < 1.29 is 0 Å². The fraction of sp³-hybridized carbons (Fsp3) is 0.447. The lowest BCUT2D eigenvalue weighted by Crippen LogP contribution is -2.61. The highest BCUT2D eigenvalue weighted by Crippen LogP contribution is 2.66. The molecule has 4 unspecified atom stereocenters. The van der Waals surface area contributed by atoms with Crippen molar-refractivity contribution in [2.75, 3.05) is 14.7 Å². The van der Waals surface area contributed by atoms with E-state index in [-0.39, 0.29) is 28.4 Å². The van der Waals surface area contributed by atoms with Crippen LogP contribution in [0.5, 0.6) is 0 Å². The fourth-order valence-corrected chi connectivity index (χ4v) is 18.5. The summed E-state index contributed by atoms with van der Waals surface area (Å²) in [6.07, 6.45) is 14.2. The van der Waals surface area contributed by atoms with E-state index in [0.29, 0.717) is 10.8 Å². The van der Waals surface area contributed by atoms with Crippen molar-refractivity contribution >= 4 is 74.3 Å². The number of benzene rings is 7. The maximum absolute atomic E-state index is 2.64. The minimum atomic E-state index is -0.0364. The predicted molar refractivity (Wildman–Crippen MR) is 340 cm³/mol. The summed E-state index contributed by atoms with van der Waals surface area (Å²) in [6.45, 7) is 28.2. The van der Waals surface area contributed by atoms with E-state index in [2.05, 4.69) is 243 Å². The maximum atomic E-state index is 2.64. The molecule has 8 aliphatic carbocycles. The average molecular weight is 1050 g/mol. The SMILES string of the molecule is CC(C)(C)c1ccc(N2c3ccc(C(C)(C)C)cc3B3c4cc(C(C)(C)C)ccc4N(c4ccc(C(C)(C)C)cc4)c4cc(N(c5ccc(C67CC8CC(C6)C(C8)C7)cc5)c5ccc(C67CC8CC(C6)C(C8)C7)cc5)cc2c43)cc1. The Hall–Kier alpha value is -6.00. The summed E-state index contributed by atoms with van der Waals surface area (Å²) < 4.78 is 0. The van der Waals surface area contributed by atoms with Crippen molar-refractivity contribution in [3.63, 3.8) is 0 Å². The first-order chi connectivity index (χ1) is 38.0. The molecule has 0 N–H and O–H groups in total. The van der Waals surface area contributed by atoms with Gasteiger partial charge >= 0.3 is 0 Å². The lowest BCUT2D eigenvalue weighted by molar-refractivity contribution is 0.229. The lowest BCUT2D eigenvalue weighted by atomic mass is 9.33. The maximum Gasteiger partial charge on any atom is 0.252 e. The monoisotopic (exact) mass is 1050 g/mol. The molecule has 0 spiro atoms. The standard InChI is InChI=1S/C76H86BN3/c1-71(2,3)53-13-23-61(24-14-53)79-66-31-21-57(73(7,8)9)37-64(66)77-65-38-58(74(10,11)12)22-32-67(65)80(62-25-15-54(16-26-62)72(4,5)6)69-40-63(39-68(79)70(69)77)78(59-27-17-55(18-28-59)75-41-47-33-49(43-75)50(34-47)44-75)60-29-19-56(20-30-60)76-42-48-35-51(45-76)52(36-48)46-76/h13-32,37-40,47-52H,33-36,41-46H2,1-12H3. The van der Waals surface area contributed by atoms with Gasteiger partial charge in [-0.05, 0) is 255 Å². The summed E-state index contributed by atoms with van der Waals surface area (Å²) in [5.41, 5.74) is 24.4. The molecule has 8 bridgehead atoms. The molecule has 10 aliphatic rings. The molecule has 17 rings (SSSR count). The summed E-state index contributed by atoms with van der Waals surface area (Å²) >= 11 is 0. The van der Waals surface area contributed by atoms with Gasteiger partial charge in [-0.3, -0.25) is 0 Å². The van der Waals surface area contributed by atoms with Gasteiger partial charge in [-0.15, -0.1) is 0 Å². The molecule has 0 amide bonds. The van der Waals surface area contributed by atoms with Crippen molar-refractivity contribution in [3.8, 4) is 0 Å². The van der Waals surface area contributed by atoms with Crippen LogP contribution in [-0.4, -0.2) is 6.71 Å². The third-order valence-electron chi connectivity index (χ3n) is 22.3. The van der Waals surface area contributed by atoms with E-state index >= 15 is 0 Å². The molecule has 4 heteroatoms. The fourth-order valence-electron chi connectivity index (χ4n) is 18.5. The number of rotatable bonds is 7. The third kappa shape index (κ3) is 7.93. The smallest absolute Gasteiger partial charge is 0.252 e. The molecular formula is C76H86BN3. The molecule has 2 heterocycles. The van der Waals surface area contributed by atoms with Crippen LogP contribution in [0.3, 0.4) is 0 Å². The molecule has 8 saturated carbocycles. The number of nitrogens with zero attached hydrogens (tertiary/aromatic N) is 3. The minimum absolute atomic E-state index is 0.00161. The Labute approximate surface area is 480 Å². The Bertz CT molecular complexity index is 3320. The van der Waals surface area contributed by atoms with Gasteiger partial charge in [-0.2, -0.15) is 0 Å². The molecule has 7 aromatic carbocycles. The highest BCUT2D eigenvalue weighted by molar-refractivity contribution is 7.00. The van der Waals surface area contributed by atoms with Gasteiger partial charge in [0.15, 0.2) is 0 Å². The van der Waals surface area contributed by atoms with E-state index in [9.17, 15) is 0 Å². The van der Waals surface area contributed by atoms with E-state index in [0.717, 1.165) is 35.5 Å². The minimum Gasteiger partial charge on any atom is -0.311 e. The third-order valence-corrected chi connectivity index (χ3v) is 22.3. The van der Waals surface area contributed by atoms with Gasteiger partial charge in [-0.1, -0.05) is 156 Å². The summed E-state index contributed by atoms with van der Waals surface area (Å²) in [6, 6.07) is 59.5. The second kappa shape index (κ2) is 17.3. The number of hydrogen-bond donors (Lipinski definition) is 0. The first kappa shape index (κ1) is 50.9. The lowest BCUT2D eigenvalue weighted by Gasteiger charge is -2.45. The highest BCUT2D eigenvalue weighted by atomic mass is 15.2. The molecule has 0 aromatic heterocycles. The van der Waals surface area contributed by atoms with Crippen molar-refractivity contribution in [1.82, 2.24) is 0 Å². The van der Waals surface area contributed by atoms with E-state index in [4.69, 9.17) is 0 Å². The molecular weight excluding hydrogens is 966 g/mol. The van der Waals surface area contributed by atoms with Crippen molar-refractivity contribution in [2.45, 2.75) is 180 Å². The van der Waals surface area contributed by atoms with Crippen LogP contribution in [0.15, 0.2) is 146 Å². The summed E-state index contributed by atoms with van der Waals surface area (Å²) in [5, 5.41) is 0. The van der Waals surface area contributed by atoms with Gasteiger partial charge in [0, 0.05) is 45.5 Å². The van der Waals surface area contributed by atoms with E-state index in [1.807, 2.05) is 0 Å². The van der Waals surface area contributed by atoms with Crippen LogP contribution in [0, 0.1) is 35.5 Å². The quantitative estimate of drug-likeness (QED) is 0.147. The van der Waals surface area contributed by atoms with Gasteiger partial charge in [0.25, 0.3) is 6.71 Å². The Balaban J connectivity index is 0.987. The number of fused-ring (bicyclic) bond motifs is 4. The zero-order valence-electron chi connectivity index (χ0n) is 50.3. The zero-order chi connectivity index (χ0) is 55.2. The summed E-state index contributed by atoms with van der Waals surface area (Å²) in [4.78, 5) is 7.93. The van der Waals surface area contributed by atoms with Crippen molar-refractivity contribution in [2.24, 2.45) is 35.5 Å². The molecule has 3 nitrogen and oxygen atoms in total. The van der Waals surface area contributed by atoms with E-state index in [1.165, 1.54) is 154 Å². The van der Waals surface area contributed by atoms with Gasteiger partial charge in [0.05, 0.1) is 5.69 Å². The van der Waals surface area contributed by atoms with E-state index in [1.54, 1.807) is 11.1 Å². The Morgan fingerprint density at radius 3 is 1.02 bits per heavy atom. The normalized spacial score (nSPS) is 26.8. The predicted octanol–water partition coefficient (Wildman–Crippen LogP) is 18.6. The molecule has 0 saturated heterocycles. The molecule has 7 aromatic rings. The highest BCUT2D eigenvalue weighted by Gasteiger charge is 2.58. The molecule has 4 atom stereocenters. The van der Waals surface area contributed by atoms with Crippen molar-refractivity contribution in [1.29, 1.82) is 0 Å². The topological polar surface area (TPSA) is 9.72 Å². The first-order valence-electron chi connectivity index (χ1n) is 31.3. The Morgan fingerprint density at radius 1 is 0.362 bits per heavy atom. The molecule has 2 aliphatic heterocycles. The molecule has 408 valence electrons. The summed E-state index contributed by atoms with van der Waals surface area (Å²) in [7, 11) is 0. The number of anilines is 9. The van der Waals surface area contributed by atoms with Crippen LogP contribution in [0.1, 0.15) is 181 Å². The Kier molecular flexibility index (Phi) is 11.0. The number of hydrogen-bond acceptors (Lipinski definition) is 3. The van der Waals surface area contributed by atoms with Crippen LogP contribution in [0.2, 0.25) is 0 Å². The molecule has 0 radical (unpaired) electrons. The van der Waals surface area contributed by atoms with Crippen molar-refractivity contribution in [3.05, 3.63) is 179 Å². The van der Waals surface area contributed by atoms with Gasteiger partial charge in [0.2, 0.25) is 0 Å². The van der Waals surface area contributed by atoms with Gasteiger partial charge < -0.3 is 14.7 Å². The first-order valence-corrected chi connectivity index (χ1v) is 31.3. The van der Waals surface area contributed by atoms with Crippen LogP contribution in [0.4, 0.5) is 51.2 Å². The average Bonchev–Trinajstić information content (AvgIpc) is 4.05. The van der Waals surface area contributed by atoms with Crippen LogP contribution >= 0.6 is 0 Å². The van der Waals surface area contributed by atoms with E-state index < -0.39 is 0 Å². The van der Waals surface area contributed by atoms with Crippen LogP contribution in [-0.2, 0) is 32.5 Å². The second-order valence-corrected chi connectivity index (χ2v) is 31.6. The second-order valence-electron chi connectivity index (χ2n) is 31.6. The van der Waals surface area contributed by atoms with Gasteiger partial charge in [-0.25, -0.2) is 0 Å². The largest absolute Gasteiger partial charge is 0.311 e. The Morgan fingerprint density at radius 2 is 0.700 bits per heavy atom.